The number of nitrogens with zero attached hydrogens (tertiary/aromatic N) is 2. The van der Waals surface area contributed by atoms with E-state index in [0.717, 1.165) is 5.56 Å². The first-order chi connectivity index (χ1) is 8.88. The fourth-order valence-corrected chi connectivity index (χ4v) is 2.00. The van der Waals surface area contributed by atoms with Gasteiger partial charge in [-0.3, -0.25) is 0 Å². The third kappa shape index (κ3) is 2.84. The number of anilines is 1. The average Bonchev–Trinajstić information content (AvgIpc) is 2.30. The van der Waals surface area contributed by atoms with Gasteiger partial charge in [-0.05, 0) is 25.1 Å². The van der Waals surface area contributed by atoms with Crippen LogP contribution in [0.25, 0.3) is 11.3 Å². The quantitative estimate of drug-likeness (QED) is 0.905. The molecule has 0 spiro atoms. The van der Waals surface area contributed by atoms with Gasteiger partial charge in [0, 0.05) is 22.1 Å². The highest BCUT2D eigenvalue weighted by Gasteiger charge is 2.14. The van der Waals surface area contributed by atoms with Crippen molar-refractivity contribution < 1.29 is 4.39 Å². The van der Waals surface area contributed by atoms with Crippen LogP contribution in [0.5, 0.6) is 0 Å². The maximum absolute atomic E-state index is 13.4. The molecule has 3 nitrogen and oxygen atoms in total. The Kier molecular flexibility index (Phi) is 3.71. The number of benzene rings is 1. The number of hydrogen-bond donors (Lipinski definition) is 1. The largest absolute Gasteiger partial charge is 0.383 e. The molecule has 1 aromatic heterocycles. The molecule has 19 heavy (non-hydrogen) atoms. The Morgan fingerprint density at radius 2 is 1.89 bits per heavy atom. The lowest BCUT2D eigenvalue weighted by Crippen LogP contribution is -2.06. The van der Waals surface area contributed by atoms with Gasteiger partial charge in [-0.2, -0.15) is 0 Å². The molecule has 2 N–H and O–H groups in total. The molecular weight excluding hydrogens is 265 g/mol. The highest BCUT2D eigenvalue weighted by molar-refractivity contribution is 6.30. The minimum absolute atomic E-state index is 0.144. The van der Waals surface area contributed by atoms with Gasteiger partial charge in [-0.1, -0.05) is 25.4 Å². The summed E-state index contributed by atoms with van der Waals surface area (Å²) in [5.74, 6) is 0.795. The van der Waals surface area contributed by atoms with Gasteiger partial charge in [-0.15, -0.1) is 0 Å². The van der Waals surface area contributed by atoms with Crippen molar-refractivity contribution in [3.8, 4) is 11.3 Å². The predicted molar refractivity (Wildman–Crippen MR) is 75.7 cm³/mol. The molecule has 1 heterocycles. The minimum atomic E-state index is -0.398. The van der Waals surface area contributed by atoms with E-state index in [1.54, 1.807) is 6.07 Å². The number of nitrogens with two attached hydrogens (primary N) is 1. The van der Waals surface area contributed by atoms with Crippen LogP contribution >= 0.6 is 11.6 Å². The van der Waals surface area contributed by atoms with Crippen LogP contribution in [0, 0.1) is 12.7 Å². The summed E-state index contributed by atoms with van der Waals surface area (Å²) in [4.78, 5) is 8.71. The van der Waals surface area contributed by atoms with Crippen molar-refractivity contribution in [3.05, 3.63) is 40.4 Å². The summed E-state index contributed by atoms with van der Waals surface area (Å²) >= 11 is 5.88. The molecule has 0 unspecified atom stereocenters. The van der Waals surface area contributed by atoms with Gasteiger partial charge in [0.05, 0.1) is 5.69 Å². The molecule has 0 aliphatic rings. The third-order valence-corrected chi connectivity index (χ3v) is 3.07. The zero-order valence-electron chi connectivity index (χ0n) is 11.0. The normalized spacial score (nSPS) is 11.1. The number of halogens is 2. The van der Waals surface area contributed by atoms with Crippen LogP contribution < -0.4 is 5.73 Å². The second-order valence-electron chi connectivity index (χ2n) is 4.75. The van der Waals surface area contributed by atoms with Gasteiger partial charge in [0.15, 0.2) is 0 Å². The number of aromatic nitrogens is 2. The maximum Gasteiger partial charge on any atom is 0.133 e. The van der Waals surface area contributed by atoms with E-state index in [1.807, 2.05) is 20.8 Å². The van der Waals surface area contributed by atoms with Crippen LogP contribution in [0.1, 0.15) is 31.2 Å². The van der Waals surface area contributed by atoms with Gasteiger partial charge in [0.25, 0.3) is 0 Å². The van der Waals surface area contributed by atoms with E-state index in [4.69, 9.17) is 17.3 Å². The predicted octanol–water partition coefficient (Wildman–Crippen LogP) is 3.95. The summed E-state index contributed by atoms with van der Waals surface area (Å²) in [6.45, 7) is 5.77. The molecule has 0 aliphatic carbocycles. The van der Waals surface area contributed by atoms with Crippen molar-refractivity contribution in [1.82, 2.24) is 9.97 Å². The topological polar surface area (TPSA) is 51.8 Å². The van der Waals surface area contributed by atoms with Crippen molar-refractivity contribution in [2.45, 2.75) is 26.7 Å². The minimum Gasteiger partial charge on any atom is -0.383 e. The number of rotatable bonds is 2. The van der Waals surface area contributed by atoms with E-state index in [2.05, 4.69) is 9.97 Å². The zero-order valence-corrected chi connectivity index (χ0v) is 11.8. The maximum atomic E-state index is 13.4. The Labute approximate surface area is 116 Å². The number of hydrogen-bond acceptors (Lipinski definition) is 3. The van der Waals surface area contributed by atoms with E-state index in [9.17, 15) is 4.39 Å². The number of nitrogen functional groups attached to an aromatic ring is 1. The van der Waals surface area contributed by atoms with Crippen LogP contribution in [-0.4, -0.2) is 9.97 Å². The standard InChI is InChI=1S/C14H15ClFN3/c1-7(2)14-18-12(8(3)13(17)19-14)9-4-10(15)6-11(16)5-9/h4-7H,1-3H3,(H2,17,18,19). The molecule has 5 heteroatoms. The Balaban J connectivity index is 2.66. The second-order valence-corrected chi connectivity index (χ2v) is 5.19. The molecule has 0 saturated heterocycles. The fourth-order valence-electron chi connectivity index (χ4n) is 1.78. The van der Waals surface area contributed by atoms with Crippen molar-refractivity contribution in [2.75, 3.05) is 5.73 Å². The molecule has 0 bridgehead atoms. The van der Waals surface area contributed by atoms with Crippen LogP contribution in [0.2, 0.25) is 5.02 Å². The van der Waals surface area contributed by atoms with Crippen LogP contribution in [0.4, 0.5) is 10.2 Å². The van der Waals surface area contributed by atoms with Gasteiger partial charge < -0.3 is 5.73 Å². The lowest BCUT2D eigenvalue weighted by atomic mass is 10.1. The first kappa shape index (κ1) is 13.7. The summed E-state index contributed by atoms with van der Waals surface area (Å²) in [7, 11) is 0. The Morgan fingerprint density at radius 3 is 2.47 bits per heavy atom. The van der Waals surface area contributed by atoms with Crippen molar-refractivity contribution in [3.63, 3.8) is 0 Å². The van der Waals surface area contributed by atoms with Crippen molar-refractivity contribution in [2.24, 2.45) is 0 Å². The van der Waals surface area contributed by atoms with Crippen molar-refractivity contribution >= 4 is 17.4 Å². The molecule has 0 fully saturated rings. The van der Waals surface area contributed by atoms with E-state index in [-0.39, 0.29) is 5.92 Å². The van der Waals surface area contributed by atoms with Crippen LogP contribution in [-0.2, 0) is 0 Å². The molecule has 0 radical (unpaired) electrons. The van der Waals surface area contributed by atoms with E-state index in [1.165, 1.54) is 12.1 Å². The molecule has 0 amide bonds. The van der Waals surface area contributed by atoms with Gasteiger partial charge in [0.2, 0.25) is 0 Å². The highest BCUT2D eigenvalue weighted by atomic mass is 35.5. The average molecular weight is 280 g/mol. The molecule has 0 saturated carbocycles. The van der Waals surface area contributed by atoms with Gasteiger partial charge in [0.1, 0.15) is 17.5 Å². The monoisotopic (exact) mass is 279 g/mol. The Hall–Kier alpha value is -1.68. The smallest absolute Gasteiger partial charge is 0.133 e. The molecule has 2 rings (SSSR count). The summed E-state index contributed by atoms with van der Waals surface area (Å²) in [5.41, 5.74) is 7.86. The van der Waals surface area contributed by atoms with E-state index < -0.39 is 5.82 Å². The molecule has 0 aliphatic heterocycles. The summed E-state index contributed by atoms with van der Waals surface area (Å²) in [5, 5.41) is 0.331. The molecular formula is C14H15ClFN3. The van der Waals surface area contributed by atoms with Crippen LogP contribution in [0.15, 0.2) is 18.2 Å². The first-order valence-electron chi connectivity index (χ1n) is 5.99. The SMILES string of the molecule is Cc1c(N)nc(C(C)C)nc1-c1cc(F)cc(Cl)c1. The molecule has 0 atom stereocenters. The lowest BCUT2D eigenvalue weighted by Gasteiger charge is -2.12. The first-order valence-corrected chi connectivity index (χ1v) is 6.36. The summed E-state index contributed by atoms with van der Waals surface area (Å²) < 4.78 is 13.4. The fraction of sp³-hybridized carbons (Fsp3) is 0.286. The van der Waals surface area contributed by atoms with E-state index >= 15 is 0 Å². The summed E-state index contributed by atoms with van der Waals surface area (Å²) in [6.07, 6.45) is 0. The second kappa shape index (κ2) is 5.13. The van der Waals surface area contributed by atoms with Crippen molar-refractivity contribution in [1.29, 1.82) is 0 Å². The molecule has 100 valence electrons. The Bertz CT molecular complexity index is 606. The van der Waals surface area contributed by atoms with Gasteiger partial charge >= 0.3 is 0 Å². The zero-order chi connectivity index (χ0) is 14.2. The highest BCUT2D eigenvalue weighted by Crippen LogP contribution is 2.28. The molecule has 1 aromatic carbocycles. The van der Waals surface area contributed by atoms with E-state index in [0.29, 0.717) is 27.9 Å². The Morgan fingerprint density at radius 1 is 1.21 bits per heavy atom. The molecule has 2 aromatic rings. The van der Waals surface area contributed by atoms with Gasteiger partial charge in [-0.25, -0.2) is 14.4 Å². The van der Waals surface area contributed by atoms with Crippen LogP contribution in [0.3, 0.4) is 0 Å². The third-order valence-electron chi connectivity index (χ3n) is 2.85. The lowest BCUT2D eigenvalue weighted by molar-refractivity contribution is 0.628. The summed E-state index contributed by atoms with van der Waals surface area (Å²) in [6, 6.07) is 4.32.